The highest BCUT2D eigenvalue weighted by Gasteiger charge is 2.28. The van der Waals surface area contributed by atoms with E-state index in [4.69, 9.17) is 11.6 Å². The molecule has 0 unspecified atom stereocenters. The molecule has 1 amide bonds. The highest BCUT2D eigenvalue weighted by Crippen LogP contribution is 2.26. The summed E-state index contributed by atoms with van der Waals surface area (Å²) in [6.45, 7) is 0.585. The fourth-order valence-corrected chi connectivity index (χ4v) is 3.26. The number of aromatic nitrogens is 2. The molecule has 0 aliphatic heterocycles. The summed E-state index contributed by atoms with van der Waals surface area (Å²) in [4.78, 5) is 23.5. The number of hydrogen-bond donors (Lipinski definition) is 0. The first-order valence-electron chi connectivity index (χ1n) is 7.38. The molecule has 0 saturated heterocycles. The SMILES string of the molecule is O=C(c1cccc2nccnc12)N(CCCl)C1CCCC1. The molecule has 1 heterocycles. The van der Waals surface area contributed by atoms with Gasteiger partial charge >= 0.3 is 0 Å². The van der Waals surface area contributed by atoms with Crippen molar-refractivity contribution in [3.8, 4) is 0 Å². The second-order valence-corrected chi connectivity index (χ2v) is 5.73. The van der Waals surface area contributed by atoms with Crippen LogP contribution in [0.1, 0.15) is 36.0 Å². The van der Waals surface area contributed by atoms with E-state index in [1.807, 2.05) is 23.1 Å². The number of amides is 1. The number of para-hydroxylation sites is 1. The Morgan fingerprint density at radius 1 is 1.24 bits per heavy atom. The molecule has 0 spiro atoms. The Morgan fingerprint density at radius 2 is 2.00 bits per heavy atom. The van der Waals surface area contributed by atoms with Crippen LogP contribution >= 0.6 is 11.6 Å². The topological polar surface area (TPSA) is 46.1 Å². The van der Waals surface area contributed by atoms with E-state index < -0.39 is 0 Å². The van der Waals surface area contributed by atoms with Crippen LogP contribution in [-0.2, 0) is 0 Å². The Morgan fingerprint density at radius 3 is 2.76 bits per heavy atom. The van der Waals surface area contributed by atoms with E-state index in [-0.39, 0.29) is 5.91 Å². The third kappa shape index (κ3) is 2.86. The molecule has 0 N–H and O–H groups in total. The van der Waals surface area contributed by atoms with Crippen molar-refractivity contribution >= 4 is 28.5 Å². The van der Waals surface area contributed by atoms with Crippen molar-refractivity contribution in [2.75, 3.05) is 12.4 Å². The van der Waals surface area contributed by atoms with E-state index in [0.29, 0.717) is 29.5 Å². The van der Waals surface area contributed by atoms with E-state index in [1.54, 1.807) is 12.4 Å². The van der Waals surface area contributed by atoms with Crippen LogP contribution in [0.15, 0.2) is 30.6 Å². The average Bonchev–Trinajstić information content (AvgIpc) is 3.05. The minimum atomic E-state index is 0.0219. The van der Waals surface area contributed by atoms with Crippen molar-refractivity contribution in [1.82, 2.24) is 14.9 Å². The Hall–Kier alpha value is -1.68. The summed E-state index contributed by atoms with van der Waals surface area (Å²) in [5.41, 5.74) is 2.04. The summed E-state index contributed by atoms with van der Waals surface area (Å²) in [7, 11) is 0. The molecule has 3 rings (SSSR count). The minimum Gasteiger partial charge on any atom is -0.334 e. The Labute approximate surface area is 129 Å². The van der Waals surface area contributed by atoms with Gasteiger partial charge in [0.25, 0.3) is 5.91 Å². The lowest BCUT2D eigenvalue weighted by Crippen LogP contribution is -2.40. The fraction of sp³-hybridized carbons (Fsp3) is 0.438. The van der Waals surface area contributed by atoms with Crippen LogP contribution in [-0.4, -0.2) is 39.2 Å². The van der Waals surface area contributed by atoms with Gasteiger partial charge in [-0.25, -0.2) is 0 Å². The molecule has 2 aromatic rings. The highest BCUT2D eigenvalue weighted by atomic mass is 35.5. The average molecular weight is 304 g/mol. The van der Waals surface area contributed by atoms with Gasteiger partial charge in [0.05, 0.1) is 11.1 Å². The van der Waals surface area contributed by atoms with Gasteiger partial charge in [0, 0.05) is 30.9 Å². The van der Waals surface area contributed by atoms with Crippen LogP contribution < -0.4 is 0 Å². The fourth-order valence-electron chi connectivity index (χ4n) is 3.08. The van der Waals surface area contributed by atoms with Gasteiger partial charge in [0.15, 0.2) is 0 Å². The van der Waals surface area contributed by atoms with Crippen LogP contribution in [0, 0.1) is 0 Å². The smallest absolute Gasteiger partial charge is 0.256 e. The first kappa shape index (κ1) is 14.3. The molecular formula is C16H18ClN3O. The van der Waals surface area contributed by atoms with Gasteiger partial charge < -0.3 is 4.90 Å². The molecule has 1 saturated carbocycles. The number of benzene rings is 1. The quantitative estimate of drug-likeness (QED) is 0.815. The second kappa shape index (κ2) is 6.39. The summed E-state index contributed by atoms with van der Waals surface area (Å²) in [6, 6.07) is 5.87. The molecule has 1 aromatic carbocycles. The van der Waals surface area contributed by atoms with Gasteiger partial charge in [-0.05, 0) is 25.0 Å². The number of carbonyl (C=O) groups is 1. The van der Waals surface area contributed by atoms with Crippen molar-refractivity contribution in [3.05, 3.63) is 36.2 Å². The van der Waals surface area contributed by atoms with Crippen molar-refractivity contribution in [1.29, 1.82) is 0 Å². The van der Waals surface area contributed by atoms with Crippen molar-refractivity contribution < 1.29 is 4.79 Å². The molecule has 1 aromatic heterocycles. The Kier molecular flexibility index (Phi) is 4.34. The molecule has 1 fully saturated rings. The number of nitrogens with zero attached hydrogens (tertiary/aromatic N) is 3. The molecule has 21 heavy (non-hydrogen) atoms. The van der Waals surface area contributed by atoms with Crippen LogP contribution in [0.25, 0.3) is 11.0 Å². The molecule has 0 bridgehead atoms. The Bertz CT molecular complexity index is 635. The number of rotatable bonds is 4. The molecule has 0 radical (unpaired) electrons. The lowest BCUT2D eigenvalue weighted by molar-refractivity contribution is 0.0697. The van der Waals surface area contributed by atoms with Crippen molar-refractivity contribution in [2.45, 2.75) is 31.7 Å². The van der Waals surface area contributed by atoms with Gasteiger partial charge in [0.1, 0.15) is 5.52 Å². The van der Waals surface area contributed by atoms with E-state index in [0.717, 1.165) is 18.4 Å². The summed E-state index contributed by atoms with van der Waals surface area (Å²) in [5, 5.41) is 0. The predicted octanol–water partition coefficient (Wildman–Crippen LogP) is 3.25. The van der Waals surface area contributed by atoms with Gasteiger partial charge in [-0.1, -0.05) is 18.9 Å². The number of carbonyl (C=O) groups excluding carboxylic acids is 1. The van der Waals surface area contributed by atoms with Gasteiger partial charge in [-0.2, -0.15) is 0 Å². The zero-order valence-electron chi connectivity index (χ0n) is 11.8. The van der Waals surface area contributed by atoms with Crippen LogP contribution in [0.3, 0.4) is 0 Å². The zero-order chi connectivity index (χ0) is 14.7. The van der Waals surface area contributed by atoms with Crippen LogP contribution in [0.2, 0.25) is 0 Å². The van der Waals surface area contributed by atoms with Crippen LogP contribution in [0.4, 0.5) is 0 Å². The van der Waals surface area contributed by atoms with Gasteiger partial charge in [-0.15, -0.1) is 11.6 Å². The summed E-state index contributed by atoms with van der Waals surface area (Å²) >= 11 is 5.90. The summed E-state index contributed by atoms with van der Waals surface area (Å²) in [5.74, 6) is 0.479. The first-order valence-corrected chi connectivity index (χ1v) is 7.91. The number of halogens is 1. The van der Waals surface area contributed by atoms with Crippen molar-refractivity contribution in [3.63, 3.8) is 0 Å². The molecule has 5 heteroatoms. The zero-order valence-corrected chi connectivity index (χ0v) is 12.6. The normalized spacial score (nSPS) is 15.5. The van der Waals surface area contributed by atoms with Gasteiger partial charge in [-0.3, -0.25) is 14.8 Å². The number of alkyl halides is 1. The van der Waals surface area contributed by atoms with Crippen molar-refractivity contribution in [2.24, 2.45) is 0 Å². The monoisotopic (exact) mass is 303 g/mol. The predicted molar refractivity (Wildman–Crippen MR) is 83.6 cm³/mol. The molecule has 4 nitrogen and oxygen atoms in total. The third-order valence-corrected chi connectivity index (χ3v) is 4.25. The Balaban J connectivity index is 1.97. The minimum absolute atomic E-state index is 0.0219. The lowest BCUT2D eigenvalue weighted by atomic mass is 10.1. The molecule has 110 valence electrons. The van der Waals surface area contributed by atoms with E-state index in [2.05, 4.69) is 9.97 Å². The van der Waals surface area contributed by atoms with E-state index in [9.17, 15) is 4.79 Å². The third-order valence-electron chi connectivity index (χ3n) is 4.08. The molecule has 1 aliphatic rings. The molecule has 1 aliphatic carbocycles. The summed E-state index contributed by atoms with van der Waals surface area (Å²) in [6.07, 6.45) is 7.78. The van der Waals surface area contributed by atoms with Crippen LogP contribution in [0.5, 0.6) is 0 Å². The van der Waals surface area contributed by atoms with E-state index in [1.165, 1.54) is 12.8 Å². The second-order valence-electron chi connectivity index (χ2n) is 5.36. The highest BCUT2D eigenvalue weighted by molar-refractivity contribution is 6.18. The maximum Gasteiger partial charge on any atom is 0.256 e. The number of hydrogen-bond acceptors (Lipinski definition) is 3. The maximum atomic E-state index is 12.9. The van der Waals surface area contributed by atoms with E-state index >= 15 is 0 Å². The lowest BCUT2D eigenvalue weighted by Gasteiger charge is -2.28. The molecular weight excluding hydrogens is 286 g/mol. The largest absolute Gasteiger partial charge is 0.334 e. The first-order chi connectivity index (χ1) is 10.3. The van der Waals surface area contributed by atoms with Gasteiger partial charge in [0.2, 0.25) is 0 Å². The standard InChI is InChI=1S/C16H18ClN3O/c17-8-11-20(12-4-1-2-5-12)16(21)13-6-3-7-14-15(13)19-10-9-18-14/h3,6-7,9-10,12H,1-2,4-5,8,11H2. The number of fused-ring (bicyclic) bond motifs is 1. The summed E-state index contributed by atoms with van der Waals surface area (Å²) < 4.78 is 0. The maximum absolute atomic E-state index is 12.9. The molecule has 0 atom stereocenters.